The minimum atomic E-state index is -1.15. The molecule has 4 rings (SSSR count). The predicted octanol–water partition coefficient (Wildman–Crippen LogP) is 5.16. The lowest BCUT2D eigenvalue weighted by Crippen LogP contribution is -2.38. The molecule has 0 amide bonds. The van der Waals surface area contributed by atoms with Gasteiger partial charge in [-0.3, -0.25) is 0 Å². The lowest BCUT2D eigenvalue weighted by Gasteiger charge is -2.36. The largest absolute Gasteiger partial charge is 0.528 e. The fourth-order valence-electron chi connectivity index (χ4n) is 3.84. The van der Waals surface area contributed by atoms with Crippen LogP contribution in [0.15, 0.2) is 66.7 Å². The second kappa shape index (κ2) is 10.5. The van der Waals surface area contributed by atoms with E-state index in [9.17, 15) is 14.0 Å². The molecular weight excluding hydrogens is 465 g/mol. The standard InChI is InChI=1S/C25H21ClFNO6/c26-18-6-9-22(32-15-23(29)30)21(13-18)24-20-8-7-19(27)12-17(20)10-11-28(24)34-25(31)33-14-16-4-2-1-3-5-16/h1-9,12-13,24H,10-11,14-15H2,(H,29,30). The molecule has 34 heavy (non-hydrogen) atoms. The van der Waals surface area contributed by atoms with Crippen molar-refractivity contribution in [1.29, 1.82) is 0 Å². The Hall–Kier alpha value is -3.62. The number of carboxylic acid groups (broad SMARTS) is 1. The first-order valence-electron chi connectivity index (χ1n) is 10.5. The monoisotopic (exact) mass is 485 g/mol. The van der Waals surface area contributed by atoms with Crippen molar-refractivity contribution in [2.75, 3.05) is 13.2 Å². The number of carboxylic acids is 1. The van der Waals surface area contributed by atoms with E-state index in [0.29, 0.717) is 22.6 Å². The summed E-state index contributed by atoms with van der Waals surface area (Å²) in [6.07, 6.45) is -0.490. The number of rotatable bonds is 7. The molecule has 0 spiro atoms. The number of hydroxylamine groups is 2. The number of ether oxygens (including phenoxy) is 2. The summed E-state index contributed by atoms with van der Waals surface area (Å²) < 4.78 is 24.6. The fourth-order valence-corrected chi connectivity index (χ4v) is 4.02. The number of benzene rings is 3. The maximum atomic E-state index is 13.9. The normalized spacial score (nSPS) is 15.3. The predicted molar refractivity (Wildman–Crippen MR) is 121 cm³/mol. The van der Waals surface area contributed by atoms with Gasteiger partial charge in [0.15, 0.2) is 6.61 Å². The summed E-state index contributed by atoms with van der Waals surface area (Å²) in [4.78, 5) is 29.1. The summed E-state index contributed by atoms with van der Waals surface area (Å²) in [5.41, 5.74) is 2.67. The molecule has 176 valence electrons. The number of carbonyl (C=O) groups excluding carboxylic acids is 1. The van der Waals surface area contributed by atoms with Gasteiger partial charge in [-0.05, 0) is 53.4 Å². The van der Waals surface area contributed by atoms with Gasteiger partial charge < -0.3 is 19.4 Å². The zero-order valence-corrected chi connectivity index (χ0v) is 18.7. The van der Waals surface area contributed by atoms with Crippen molar-refractivity contribution < 1.29 is 33.4 Å². The van der Waals surface area contributed by atoms with E-state index in [-0.39, 0.29) is 24.7 Å². The third kappa shape index (κ3) is 5.65. The lowest BCUT2D eigenvalue weighted by molar-refractivity contribution is -0.152. The zero-order chi connectivity index (χ0) is 24.1. The molecule has 0 saturated carbocycles. The Morgan fingerprint density at radius 2 is 1.85 bits per heavy atom. The highest BCUT2D eigenvalue weighted by atomic mass is 35.5. The van der Waals surface area contributed by atoms with Gasteiger partial charge in [0, 0.05) is 17.1 Å². The van der Waals surface area contributed by atoms with Crippen molar-refractivity contribution in [3.05, 3.63) is 99.8 Å². The molecule has 1 heterocycles. The zero-order valence-electron chi connectivity index (χ0n) is 17.9. The van der Waals surface area contributed by atoms with E-state index in [4.69, 9.17) is 31.0 Å². The van der Waals surface area contributed by atoms with Crippen LogP contribution in [0.2, 0.25) is 5.02 Å². The Bertz CT molecular complexity index is 1190. The molecule has 0 saturated heterocycles. The van der Waals surface area contributed by atoms with Gasteiger partial charge in [-0.2, -0.15) is 0 Å². The summed E-state index contributed by atoms with van der Waals surface area (Å²) in [6.45, 7) is -0.297. The van der Waals surface area contributed by atoms with E-state index in [2.05, 4.69) is 0 Å². The number of carbonyl (C=O) groups is 2. The number of fused-ring (bicyclic) bond motifs is 1. The molecule has 7 nitrogen and oxygen atoms in total. The van der Waals surface area contributed by atoms with Crippen LogP contribution in [-0.2, 0) is 27.4 Å². The van der Waals surface area contributed by atoms with Crippen LogP contribution in [0.5, 0.6) is 5.75 Å². The molecule has 0 bridgehead atoms. The highest BCUT2D eigenvalue weighted by molar-refractivity contribution is 6.30. The van der Waals surface area contributed by atoms with Gasteiger partial charge in [-0.1, -0.05) is 48.0 Å². The van der Waals surface area contributed by atoms with E-state index in [1.165, 1.54) is 17.2 Å². The second-order valence-corrected chi connectivity index (χ2v) is 8.05. The Balaban J connectivity index is 1.64. The molecule has 1 N–H and O–H groups in total. The number of hydrogen-bond acceptors (Lipinski definition) is 6. The molecule has 0 aliphatic carbocycles. The van der Waals surface area contributed by atoms with E-state index >= 15 is 0 Å². The molecule has 3 aromatic carbocycles. The smallest absolute Gasteiger partial charge is 0.482 e. The average molecular weight is 486 g/mol. The maximum Gasteiger partial charge on any atom is 0.528 e. The Labute approximate surface area is 200 Å². The summed E-state index contributed by atoms with van der Waals surface area (Å²) in [5.74, 6) is -1.28. The molecular formula is C25H21ClFNO6. The number of halogens is 2. The second-order valence-electron chi connectivity index (χ2n) is 7.62. The Kier molecular flexibility index (Phi) is 7.30. The Morgan fingerprint density at radius 1 is 1.06 bits per heavy atom. The Morgan fingerprint density at radius 3 is 2.62 bits per heavy atom. The van der Waals surface area contributed by atoms with Gasteiger partial charge in [0.25, 0.3) is 0 Å². The highest BCUT2D eigenvalue weighted by Gasteiger charge is 2.34. The van der Waals surface area contributed by atoms with Crippen LogP contribution in [0.3, 0.4) is 0 Å². The molecule has 1 unspecified atom stereocenters. The quantitative estimate of drug-likeness (QED) is 0.463. The van der Waals surface area contributed by atoms with Gasteiger partial charge in [0.05, 0.1) is 6.04 Å². The van der Waals surface area contributed by atoms with Crippen molar-refractivity contribution >= 4 is 23.7 Å². The lowest BCUT2D eigenvalue weighted by atomic mass is 9.89. The van der Waals surface area contributed by atoms with Gasteiger partial charge in [0.1, 0.15) is 18.2 Å². The van der Waals surface area contributed by atoms with Crippen LogP contribution in [0, 0.1) is 5.82 Å². The van der Waals surface area contributed by atoms with E-state index in [1.54, 1.807) is 24.3 Å². The average Bonchev–Trinajstić information content (AvgIpc) is 2.82. The van der Waals surface area contributed by atoms with Crippen LogP contribution in [0.4, 0.5) is 9.18 Å². The van der Waals surface area contributed by atoms with Gasteiger partial charge in [-0.15, -0.1) is 5.06 Å². The summed E-state index contributed by atoms with van der Waals surface area (Å²) in [6, 6.07) is 17.5. The van der Waals surface area contributed by atoms with Crippen LogP contribution in [-0.4, -0.2) is 35.4 Å². The first-order chi connectivity index (χ1) is 16.4. The molecule has 9 heteroatoms. The summed E-state index contributed by atoms with van der Waals surface area (Å²) in [5, 5.41) is 10.8. The van der Waals surface area contributed by atoms with E-state index in [0.717, 1.165) is 11.1 Å². The topological polar surface area (TPSA) is 85.3 Å². The summed E-state index contributed by atoms with van der Waals surface area (Å²) in [7, 11) is 0. The van der Waals surface area contributed by atoms with Crippen molar-refractivity contribution in [3.63, 3.8) is 0 Å². The molecule has 1 aliphatic rings. The molecule has 0 fully saturated rings. The minimum absolute atomic E-state index is 0.0319. The first-order valence-corrected chi connectivity index (χ1v) is 10.9. The van der Waals surface area contributed by atoms with Crippen molar-refractivity contribution in [2.24, 2.45) is 0 Å². The van der Waals surface area contributed by atoms with Crippen molar-refractivity contribution in [3.8, 4) is 5.75 Å². The number of hydrogen-bond donors (Lipinski definition) is 1. The SMILES string of the molecule is O=C(O)COc1ccc(Cl)cc1C1c2ccc(F)cc2CCN1OC(=O)OCc1ccccc1. The fraction of sp³-hybridized carbons (Fsp3) is 0.200. The van der Waals surface area contributed by atoms with Crippen LogP contribution >= 0.6 is 11.6 Å². The van der Waals surface area contributed by atoms with Crippen molar-refractivity contribution in [1.82, 2.24) is 5.06 Å². The molecule has 1 aliphatic heterocycles. The number of nitrogens with zero attached hydrogens (tertiary/aromatic N) is 1. The highest BCUT2D eigenvalue weighted by Crippen LogP contribution is 2.41. The van der Waals surface area contributed by atoms with Gasteiger partial charge >= 0.3 is 12.1 Å². The van der Waals surface area contributed by atoms with E-state index in [1.807, 2.05) is 30.3 Å². The molecule has 3 aromatic rings. The summed E-state index contributed by atoms with van der Waals surface area (Å²) >= 11 is 6.24. The molecule has 1 atom stereocenters. The molecule has 0 radical (unpaired) electrons. The van der Waals surface area contributed by atoms with Crippen LogP contribution < -0.4 is 4.74 Å². The van der Waals surface area contributed by atoms with Gasteiger partial charge in [-0.25, -0.2) is 14.0 Å². The maximum absolute atomic E-state index is 13.9. The minimum Gasteiger partial charge on any atom is -0.482 e. The molecule has 0 aromatic heterocycles. The van der Waals surface area contributed by atoms with Gasteiger partial charge in [0.2, 0.25) is 0 Å². The van der Waals surface area contributed by atoms with Crippen LogP contribution in [0.25, 0.3) is 0 Å². The van der Waals surface area contributed by atoms with E-state index < -0.39 is 24.8 Å². The third-order valence-electron chi connectivity index (χ3n) is 5.30. The van der Waals surface area contributed by atoms with Crippen molar-refractivity contribution in [2.45, 2.75) is 19.1 Å². The third-order valence-corrected chi connectivity index (χ3v) is 5.53. The number of aliphatic carboxylic acids is 1. The first kappa shape index (κ1) is 23.5. The van der Waals surface area contributed by atoms with Crippen LogP contribution in [0.1, 0.15) is 28.3 Å².